The lowest BCUT2D eigenvalue weighted by Gasteiger charge is -2.05. The lowest BCUT2D eigenvalue weighted by Crippen LogP contribution is -1.96. The summed E-state index contributed by atoms with van der Waals surface area (Å²) in [6.45, 7) is 2.04. The molecule has 0 bridgehead atoms. The molecular weight excluding hydrogens is 244 g/mol. The Hall–Kier alpha value is -2.14. The molecule has 4 nitrogen and oxygen atoms in total. The molecule has 90 valence electrons. The molecule has 0 aliphatic carbocycles. The van der Waals surface area contributed by atoms with E-state index in [1.54, 1.807) is 17.7 Å². The number of thiophene rings is 1. The van der Waals surface area contributed by atoms with Crippen LogP contribution in [0.3, 0.4) is 0 Å². The van der Waals surface area contributed by atoms with E-state index in [9.17, 15) is 0 Å². The molecule has 0 unspecified atom stereocenters. The fourth-order valence-electron chi connectivity index (χ4n) is 1.90. The first-order valence-corrected chi connectivity index (χ1v) is 6.39. The van der Waals surface area contributed by atoms with Crippen molar-refractivity contribution in [2.75, 3.05) is 5.73 Å². The molecule has 2 aromatic heterocycles. The molecule has 0 atom stereocenters. The average Bonchev–Trinajstić information content (AvgIpc) is 2.96. The third-order valence-electron chi connectivity index (χ3n) is 2.71. The van der Waals surface area contributed by atoms with Gasteiger partial charge in [-0.3, -0.25) is 4.57 Å². The number of anilines is 1. The third-order valence-corrected chi connectivity index (χ3v) is 3.59. The van der Waals surface area contributed by atoms with Gasteiger partial charge < -0.3 is 5.73 Å². The van der Waals surface area contributed by atoms with Crippen LogP contribution in [0.2, 0.25) is 0 Å². The predicted molar refractivity (Wildman–Crippen MR) is 73.8 cm³/mol. The van der Waals surface area contributed by atoms with Gasteiger partial charge in [-0.2, -0.15) is 0 Å². The van der Waals surface area contributed by atoms with E-state index in [1.807, 2.05) is 47.9 Å². The van der Waals surface area contributed by atoms with Crippen molar-refractivity contribution in [1.29, 1.82) is 0 Å². The minimum atomic E-state index is 0.776. The molecule has 2 heterocycles. The molecule has 2 N–H and O–H groups in total. The lowest BCUT2D eigenvalue weighted by molar-refractivity contribution is 1.06. The number of benzene rings is 1. The van der Waals surface area contributed by atoms with Gasteiger partial charge in [0.2, 0.25) is 0 Å². The highest BCUT2D eigenvalue weighted by Crippen LogP contribution is 2.33. The molecule has 5 heteroatoms. The highest BCUT2D eigenvalue weighted by molar-refractivity contribution is 7.16. The Morgan fingerprint density at radius 1 is 1.22 bits per heavy atom. The zero-order valence-corrected chi connectivity index (χ0v) is 10.7. The number of para-hydroxylation sites is 1. The Morgan fingerprint density at radius 2 is 2.00 bits per heavy atom. The number of nitrogens with zero attached hydrogens (tertiary/aromatic N) is 3. The van der Waals surface area contributed by atoms with Gasteiger partial charge in [0.1, 0.15) is 6.33 Å². The van der Waals surface area contributed by atoms with Crippen molar-refractivity contribution in [3.05, 3.63) is 47.6 Å². The molecule has 0 amide bonds. The highest BCUT2D eigenvalue weighted by atomic mass is 32.1. The summed E-state index contributed by atoms with van der Waals surface area (Å²) in [5.74, 6) is 0.781. The summed E-state index contributed by atoms with van der Waals surface area (Å²) in [5.41, 5.74) is 7.99. The van der Waals surface area contributed by atoms with Crippen LogP contribution in [0.1, 0.15) is 4.88 Å². The monoisotopic (exact) mass is 256 g/mol. The van der Waals surface area contributed by atoms with Gasteiger partial charge in [-0.05, 0) is 25.1 Å². The van der Waals surface area contributed by atoms with Gasteiger partial charge in [-0.25, -0.2) is 0 Å². The van der Waals surface area contributed by atoms with Gasteiger partial charge in [-0.1, -0.05) is 18.2 Å². The van der Waals surface area contributed by atoms with Gasteiger partial charge in [0.25, 0.3) is 0 Å². The van der Waals surface area contributed by atoms with Crippen molar-refractivity contribution in [1.82, 2.24) is 14.8 Å². The van der Waals surface area contributed by atoms with E-state index in [0.717, 1.165) is 22.1 Å². The Morgan fingerprint density at radius 3 is 2.67 bits per heavy atom. The van der Waals surface area contributed by atoms with E-state index in [1.165, 1.54) is 4.88 Å². The van der Waals surface area contributed by atoms with Crippen molar-refractivity contribution in [2.24, 2.45) is 0 Å². The number of hydrogen-bond acceptors (Lipinski definition) is 4. The van der Waals surface area contributed by atoms with Gasteiger partial charge in [0.05, 0.1) is 10.6 Å². The molecule has 18 heavy (non-hydrogen) atoms. The Labute approximate surface area is 109 Å². The summed E-state index contributed by atoms with van der Waals surface area (Å²) in [6, 6.07) is 12.0. The molecule has 0 aliphatic heterocycles. The first-order valence-electron chi connectivity index (χ1n) is 5.57. The summed E-state index contributed by atoms with van der Waals surface area (Å²) < 4.78 is 1.94. The van der Waals surface area contributed by atoms with E-state index in [2.05, 4.69) is 10.2 Å². The first kappa shape index (κ1) is 11.0. The van der Waals surface area contributed by atoms with Crippen molar-refractivity contribution in [2.45, 2.75) is 6.92 Å². The number of hydrogen-bond donors (Lipinski definition) is 1. The van der Waals surface area contributed by atoms with Crippen molar-refractivity contribution in [3.63, 3.8) is 0 Å². The quantitative estimate of drug-likeness (QED) is 0.767. The molecule has 0 saturated heterocycles. The van der Waals surface area contributed by atoms with Crippen molar-refractivity contribution < 1.29 is 0 Å². The van der Waals surface area contributed by atoms with E-state index in [4.69, 9.17) is 5.73 Å². The van der Waals surface area contributed by atoms with Gasteiger partial charge in [0, 0.05) is 10.6 Å². The largest absolute Gasteiger partial charge is 0.390 e. The van der Waals surface area contributed by atoms with Crippen molar-refractivity contribution in [3.8, 4) is 17.1 Å². The van der Waals surface area contributed by atoms with Crippen LogP contribution in [-0.2, 0) is 0 Å². The number of aromatic nitrogens is 3. The van der Waals surface area contributed by atoms with Crippen LogP contribution in [-0.4, -0.2) is 14.8 Å². The van der Waals surface area contributed by atoms with Gasteiger partial charge >= 0.3 is 0 Å². The molecule has 0 fully saturated rings. The summed E-state index contributed by atoms with van der Waals surface area (Å²) in [5, 5.41) is 8.94. The lowest BCUT2D eigenvalue weighted by atomic mass is 10.2. The maximum absolute atomic E-state index is 6.02. The number of aryl methyl sites for hydroxylation is 1. The van der Waals surface area contributed by atoms with E-state index in [-0.39, 0.29) is 0 Å². The Kier molecular flexibility index (Phi) is 2.60. The second-order valence-corrected chi connectivity index (χ2v) is 5.28. The summed E-state index contributed by atoms with van der Waals surface area (Å²) in [6.07, 6.45) is 1.71. The minimum Gasteiger partial charge on any atom is -0.390 e. The van der Waals surface area contributed by atoms with E-state index < -0.39 is 0 Å². The maximum Gasteiger partial charge on any atom is 0.171 e. The van der Waals surface area contributed by atoms with Crippen LogP contribution >= 0.6 is 11.3 Å². The molecular formula is C13H12N4S. The van der Waals surface area contributed by atoms with Crippen LogP contribution in [0, 0.1) is 6.92 Å². The third kappa shape index (κ3) is 1.78. The second kappa shape index (κ2) is 4.27. The molecule has 0 spiro atoms. The molecule has 3 aromatic rings. The molecule has 0 radical (unpaired) electrons. The maximum atomic E-state index is 6.02. The summed E-state index contributed by atoms with van der Waals surface area (Å²) in [7, 11) is 0. The topological polar surface area (TPSA) is 56.7 Å². The van der Waals surface area contributed by atoms with Crippen LogP contribution < -0.4 is 5.73 Å². The Balaban J connectivity index is 2.16. The molecule has 3 rings (SSSR count). The van der Waals surface area contributed by atoms with Crippen LogP contribution in [0.15, 0.2) is 42.7 Å². The average molecular weight is 256 g/mol. The van der Waals surface area contributed by atoms with Crippen molar-refractivity contribution >= 4 is 16.3 Å². The van der Waals surface area contributed by atoms with Gasteiger partial charge in [0.15, 0.2) is 5.82 Å². The fourth-order valence-corrected chi connectivity index (χ4v) is 2.69. The molecule has 1 aromatic carbocycles. The smallest absolute Gasteiger partial charge is 0.171 e. The van der Waals surface area contributed by atoms with E-state index in [0.29, 0.717) is 0 Å². The SMILES string of the molecule is Cc1cc(-c2nncn2-c2ccccc2)c(N)s1. The molecule has 0 saturated carbocycles. The number of rotatable bonds is 2. The summed E-state index contributed by atoms with van der Waals surface area (Å²) >= 11 is 1.57. The van der Waals surface area contributed by atoms with Crippen LogP contribution in [0.5, 0.6) is 0 Å². The number of nitrogen functional groups attached to an aromatic ring is 1. The fraction of sp³-hybridized carbons (Fsp3) is 0.0769. The normalized spacial score (nSPS) is 10.7. The van der Waals surface area contributed by atoms with E-state index >= 15 is 0 Å². The number of nitrogens with two attached hydrogens (primary N) is 1. The zero-order chi connectivity index (χ0) is 12.5. The highest BCUT2D eigenvalue weighted by Gasteiger charge is 2.13. The van der Waals surface area contributed by atoms with Crippen LogP contribution in [0.25, 0.3) is 17.1 Å². The standard InChI is InChI=1S/C13H12N4S/c1-9-7-11(12(14)18-9)13-16-15-8-17(13)10-5-3-2-4-6-10/h2-8H,14H2,1H3. The zero-order valence-electron chi connectivity index (χ0n) is 9.87. The second-order valence-electron chi connectivity index (χ2n) is 4.00. The van der Waals surface area contributed by atoms with Crippen LogP contribution in [0.4, 0.5) is 5.00 Å². The first-order chi connectivity index (χ1) is 8.75. The van der Waals surface area contributed by atoms with Gasteiger partial charge in [-0.15, -0.1) is 21.5 Å². The predicted octanol–water partition coefficient (Wildman–Crippen LogP) is 2.89. The Bertz CT molecular complexity index is 669. The summed E-state index contributed by atoms with van der Waals surface area (Å²) in [4.78, 5) is 1.17. The minimum absolute atomic E-state index is 0.776. The molecule has 0 aliphatic rings.